The molecule has 1 aliphatic rings. The van der Waals surface area contributed by atoms with Crippen LogP contribution in [-0.2, 0) is 0 Å². The predicted octanol–water partition coefficient (Wildman–Crippen LogP) is 1.97. The van der Waals surface area contributed by atoms with Gasteiger partial charge < -0.3 is 14.5 Å². The van der Waals surface area contributed by atoms with Gasteiger partial charge in [0.1, 0.15) is 5.76 Å². The molecule has 9 heteroatoms. The Bertz CT molecular complexity index is 966. The number of hydrogen-bond acceptors (Lipinski definition) is 6. The van der Waals surface area contributed by atoms with E-state index >= 15 is 0 Å². The van der Waals surface area contributed by atoms with E-state index in [0.29, 0.717) is 30.1 Å². The van der Waals surface area contributed by atoms with E-state index in [1.54, 1.807) is 35.5 Å². The van der Waals surface area contributed by atoms with E-state index < -0.39 is 5.97 Å². The molecule has 3 aromatic rings. The van der Waals surface area contributed by atoms with Gasteiger partial charge in [-0.2, -0.15) is 15.0 Å². The standard InChI is InChI=1S/C18H17N5O4/c24-17(13-5-1-2-6-15(13)23-19-7-8-20-23)22-9-3-4-12(11-22)16-10-14(18(25)26)21-27-16/h1-2,5-8,10,12H,3-4,9,11H2,(H,25,26)/t12-/m1/s1. The Balaban J connectivity index is 1.57. The first kappa shape index (κ1) is 17.0. The van der Waals surface area contributed by atoms with Crippen LogP contribution in [0.1, 0.15) is 45.4 Å². The molecule has 27 heavy (non-hydrogen) atoms. The average Bonchev–Trinajstić information content (AvgIpc) is 3.39. The van der Waals surface area contributed by atoms with E-state index in [9.17, 15) is 9.59 Å². The highest BCUT2D eigenvalue weighted by molar-refractivity contribution is 5.97. The molecular weight excluding hydrogens is 350 g/mol. The van der Waals surface area contributed by atoms with Crippen LogP contribution >= 0.6 is 0 Å². The zero-order valence-corrected chi connectivity index (χ0v) is 14.4. The number of likely N-dealkylation sites (tertiary alicyclic amines) is 1. The molecule has 0 aliphatic carbocycles. The van der Waals surface area contributed by atoms with Crippen molar-refractivity contribution >= 4 is 11.9 Å². The molecule has 1 N–H and O–H groups in total. The van der Waals surface area contributed by atoms with Crippen LogP contribution in [0.15, 0.2) is 47.2 Å². The third-order valence-corrected chi connectivity index (χ3v) is 4.63. The molecule has 0 radical (unpaired) electrons. The smallest absolute Gasteiger partial charge is 0.358 e. The number of carboxylic acids is 1. The summed E-state index contributed by atoms with van der Waals surface area (Å²) in [5.41, 5.74) is 1.00. The van der Waals surface area contributed by atoms with Crippen molar-refractivity contribution in [2.45, 2.75) is 18.8 Å². The van der Waals surface area contributed by atoms with Crippen molar-refractivity contribution in [1.82, 2.24) is 25.1 Å². The molecule has 0 spiro atoms. The lowest BCUT2D eigenvalue weighted by Gasteiger charge is -2.32. The fourth-order valence-electron chi connectivity index (χ4n) is 3.32. The van der Waals surface area contributed by atoms with Gasteiger partial charge in [-0.3, -0.25) is 4.79 Å². The highest BCUT2D eigenvalue weighted by Crippen LogP contribution is 2.29. The van der Waals surface area contributed by atoms with Gasteiger partial charge in [0.05, 0.1) is 23.6 Å². The number of nitrogens with zero attached hydrogens (tertiary/aromatic N) is 5. The molecule has 9 nitrogen and oxygen atoms in total. The van der Waals surface area contributed by atoms with Gasteiger partial charge in [0, 0.05) is 25.1 Å². The maximum absolute atomic E-state index is 13.1. The van der Waals surface area contributed by atoms with Crippen LogP contribution in [0.4, 0.5) is 0 Å². The molecule has 1 fully saturated rings. The second-order valence-corrected chi connectivity index (χ2v) is 6.35. The Morgan fingerprint density at radius 2 is 1.96 bits per heavy atom. The number of aromatic carboxylic acids is 1. The highest BCUT2D eigenvalue weighted by atomic mass is 16.5. The number of aromatic nitrogens is 4. The summed E-state index contributed by atoms with van der Waals surface area (Å²) in [6.45, 7) is 1.06. The summed E-state index contributed by atoms with van der Waals surface area (Å²) in [5, 5.41) is 20.8. The third kappa shape index (κ3) is 3.31. The lowest BCUT2D eigenvalue weighted by Crippen LogP contribution is -2.39. The zero-order valence-electron chi connectivity index (χ0n) is 14.4. The molecule has 1 aliphatic heterocycles. The van der Waals surface area contributed by atoms with E-state index in [1.807, 2.05) is 6.07 Å². The molecule has 1 aromatic carbocycles. The minimum atomic E-state index is -1.13. The van der Waals surface area contributed by atoms with Crippen molar-refractivity contribution in [1.29, 1.82) is 0 Å². The first-order valence-electron chi connectivity index (χ1n) is 8.58. The Hall–Kier alpha value is -3.49. The highest BCUT2D eigenvalue weighted by Gasteiger charge is 2.29. The summed E-state index contributed by atoms with van der Waals surface area (Å²) in [6, 6.07) is 8.61. The molecule has 0 saturated carbocycles. The molecule has 3 heterocycles. The van der Waals surface area contributed by atoms with Crippen molar-refractivity contribution in [3.05, 3.63) is 59.7 Å². The van der Waals surface area contributed by atoms with Crippen LogP contribution in [0.3, 0.4) is 0 Å². The van der Waals surface area contributed by atoms with Crippen LogP contribution < -0.4 is 0 Å². The van der Waals surface area contributed by atoms with Crippen molar-refractivity contribution in [3.63, 3.8) is 0 Å². The molecule has 1 atom stereocenters. The molecule has 1 saturated heterocycles. The number of amides is 1. The fourth-order valence-corrected chi connectivity index (χ4v) is 3.32. The van der Waals surface area contributed by atoms with Gasteiger partial charge in [0.25, 0.3) is 5.91 Å². The fraction of sp³-hybridized carbons (Fsp3) is 0.278. The lowest BCUT2D eigenvalue weighted by atomic mass is 9.94. The van der Waals surface area contributed by atoms with Crippen molar-refractivity contribution in [3.8, 4) is 5.69 Å². The molecule has 4 rings (SSSR count). The molecule has 0 bridgehead atoms. The van der Waals surface area contributed by atoms with Crippen LogP contribution in [-0.4, -0.2) is 55.1 Å². The molecule has 0 unspecified atom stereocenters. The zero-order chi connectivity index (χ0) is 18.8. The number of para-hydroxylation sites is 1. The quantitative estimate of drug-likeness (QED) is 0.750. The van der Waals surface area contributed by atoms with Gasteiger partial charge in [-0.25, -0.2) is 4.79 Å². The maximum Gasteiger partial charge on any atom is 0.358 e. The van der Waals surface area contributed by atoms with Crippen LogP contribution in [0, 0.1) is 0 Å². The summed E-state index contributed by atoms with van der Waals surface area (Å²) in [5.74, 6) is -0.842. The second-order valence-electron chi connectivity index (χ2n) is 6.35. The van der Waals surface area contributed by atoms with Crippen molar-refractivity contribution in [2.75, 3.05) is 13.1 Å². The van der Waals surface area contributed by atoms with E-state index in [1.165, 1.54) is 10.9 Å². The van der Waals surface area contributed by atoms with Crippen molar-refractivity contribution < 1.29 is 19.2 Å². The topological polar surface area (TPSA) is 114 Å². The Morgan fingerprint density at radius 3 is 2.70 bits per heavy atom. The van der Waals surface area contributed by atoms with Gasteiger partial charge in [-0.1, -0.05) is 17.3 Å². The second kappa shape index (κ2) is 7.02. The number of benzene rings is 1. The first-order valence-corrected chi connectivity index (χ1v) is 8.58. The number of carboxylic acid groups (broad SMARTS) is 1. The number of carbonyl (C=O) groups is 2. The van der Waals surface area contributed by atoms with Gasteiger partial charge in [0.15, 0.2) is 5.69 Å². The normalized spacial score (nSPS) is 17.0. The predicted molar refractivity (Wildman–Crippen MR) is 92.7 cm³/mol. The molecule has 138 valence electrons. The van der Waals surface area contributed by atoms with E-state index in [2.05, 4.69) is 15.4 Å². The van der Waals surface area contributed by atoms with Gasteiger partial charge in [-0.15, -0.1) is 0 Å². The minimum Gasteiger partial charge on any atom is -0.476 e. The Morgan fingerprint density at radius 1 is 1.19 bits per heavy atom. The minimum absolute atomic E-state index is 0.0849. The van der Waals surface area contributed by atoms with Gasteiger partial charge in [0.2, 0.25) is 0 Å². The van der Waals surface area contributed by atoms with Gasteiger partial charge >= 0.3 is 5.97 Å². The summed E-state index contributed by atoms with van der Waals surface area (Å²) < 4.78 is 5.19. The van der Waals surface area contributed by atoms with Crippen LogP contribution in [0.5, 0.6) is 0 Å². The van der Waals surface area contributed by atoms with Gasteiger partial charge in [-0.05, 0) is 25.0 Å². The van der Waals surface area contributed by atoms with E-state index in [4.69, 9.17) is 9.63 Å². The molecule has 2 aromatic heterocycles. The van der Waals surface area contributed by atoms with Crippen LogP contribution in [0.25, 0.3) is 5.69 Å². The Kier molecular flexibility index (Phi) is 4.41. The monoisotopic (exact) mass is 367 g/mol. The third-order valence-electron chi connectivity index (χ3n) is 4.63. The maximum atomic E-state index is 13.1. The summed E-state index contributed by atoms with van der Waals surface area (Å²) in [4.78, 5) is 27.3. The number of carbonyl (C=O) groups excluding carboxylic acids is 1. The average molecular weight is 367 g/mol. The summed E-state index contributed by atoms with van der Waals surface area (Å²) in [6.07, 6.45) is 4.71. The Labute approximate surface area is 154 Å². The summed E-state index contributed by atoms with van der Waals surface area (Å²) in [7, 11) is 0. The molecule has 1 amide bonds. The lowest BCUT2D eigenvalue weighted by molar-refractivity contribution is 0.0684. The van der Waals surface area contributed by atoms with Crippen molar-refractivity contribution in [2.24, 2.45) is 0 Å². The van der Waals surface area contributed by atoms with Crippen LogP contribution in [0.2, 0.25) is 0 Å². The SMILES string of the molecule is O=C(O)c1cc([C@@H]2CCCN(C(=O)c3ccccc3-n3nccn3)C2)on1. The summed E-state index contributed by atoms with van der Waals surface area (Å²) >= 11 is 0. The van der Waals surface area contributed by atoms with E-state index in [0.717, 1.165) is 12.8 Å². The number of hydrogen-bond donors (Lipinski definition) is 1. The first-order chi connectivity index (χ1) is 13.1. The number of piperidine rings is 1. The number of rotatable bonds is 4. The molecular formula is C18H17N5O4. The largest absolute Gasteiger partial charge is 0.476 e. The van der Waals surface area contributed by atoms with E-state index in [-0.39, 0.29) is 17.5 Å².